The summed E-state index contributed by atoms with van der Waals surface area (Å²) in [6.45, 7) is 0.974. The van der Waals surface area contributed by atoms with E-state index in [0.717, 1.165) is 12.8 Å². The molecule has 1 aliphatic heterocycles. The third-order valence-electron chi connectivity index (χ3n) is 4.24. The molecule has 1 aliphatic rings. The zero-order valence-electron chi connectivity index (χ0n) is 14.9. The molecule has 1 saturated heterocycles. The molecule has 26 heavy (non-hydrogen) atoms. The van der Waals surface area contributed by atoms with E-state index in [9.17, 15) is 14.4 Å². The third-order valence-corrected chi connectivity index (χ3v) is 4.24. The standard InChI is InChI=1S/C18H25N3O4.ClH/c1-25-18(24)15-8-2-3-11-21(15)17(23)13-6-4-7-14(12-13)20-16(22)9-5-10-19;/h4,6-7,12,15H,2-3,5,8-11,19H2,1H3,(H,20,22);1H. The second-order valence-corrected chi connectivity index (χ2v) is 6.05. The first-order valence-corrected chi connectivity index (χ1v) is 8.55. The molecule has 3 N–H and O–H groups in total. The predicted molar refractivity (Wildman–Crippen MR) is 101 cm³/mol. The van der Waals surface area contributed by atoms with E-state index in [4.69, 9.17) is 10.5 Å². The van der Waals surface area contributed by atoms with E-state index in [1.54, 1.807) is 29.2 Å². The summed E-state index contributed by atoms with van der Waals surface area (Å²) in [6.07, 6.45) is 3.30. The summed E-state index contributed by atoms with van der Waals surface area (Å²) in [5.74, 6) is -0.757. The van der Waals surface area contributed by atoms with Crippen molar-refractivity contribution >= 4 is 35.9 Å². The molecule has 1 heterocycles. The molecule has 2 amide bonds. The number of anilines is 1. The Morgan fingerprint density at radius 1 is 1.31 bits per heavy atom. The minimum absolute atomic E-state index is 0. The minimum atomic E-state index is -0.547. The number of hydrogen-bond donors (Lipinski definition) is 2. The SMILES string of the molecule is COC(=O)C1CCCCN1C(=O)c1cccc(NC(=O)CCCN)c1.Cl. The van der Waals surface area contributed by atoms with Gasteiger partial charge in [-0.3, -0.25) is 9.59 Å². The average molecular weight is 384 g/mol. The summed E-state index contributed by atoms with van der Waals surface area (Å²) in [6, 6.07) is 6.20. The van der Waals surface area contributed by atoms with Crippen LogP contribution in [0.4, 0.5) is 5.69 Å². The van der Waals surface area contributed by atoms with Crippen molar-refractivity contribution in [2.75, 3.05) is 25.5 Å². The normalized spacial score (nSPS) is 16.4. The average Bonchev–Trinajstić information content (AvgIpc) is 2.65. The molecule has 7 nitrogen and oxygen atoms in total. The van der Waals surface area contributed by atoms with Crippen LogP contribution in [0, 0.1) is 0 Å². The quantitative estimate of drug-likeness (QED) is 0.731. The molecule has 1 atom stereocenters. The van der Waals surface area contributed by atoms with E-state index in [1.807, 2.05) is 0 Å². The molecule has 144 valence electrons. The lowest BCUT2D eigenvalue weighted by atomic mass is 10.0. The van der Waals surface area contributed by atoms with Gasteiger partial charge in [0.05, 0.1) is 7.11 Å². The number of esters is 1. The van der Waals surface area contributed by atoms with E-state index < -0.39 is 6.04 Å². The Kier molecular flexibility index (Phi) is 9.09. The van der Waals surface area contributed by atoms with Crippen LogP contribution >= 0.6 is 12.4 Å². The molecule has 0 bridgehead atoms. The van der Waals surface area contributed by atoms with Crippen LogP contribution in [0.3, 0.4) is 0 Å². The second kappa shape index (κ2) is 10.8. The number of rotatable bonds is 6. The fraction of sp³-hybridized carbons (Fsp3) is 0.500. The third kappa shape index (κ3) is 5.71. The van der Waals surface area contributed by atoms with Gasteiger partial charge in [-0.1, -0.05) is 6.07 Å². The number of methoxy groups -OCH3 is 1. The minimum Gasteiger partial charge on any atom is -0.467 e. The summed E-state index contributed by atoms with van der Waals surface area (Å²) < 4.78 is 4.82. The van der Waals surface area contributed by atoms with Gasteiger partial charge in [-0.05, 0) is 50.4 Å². The summed E-state index contributed by atoms with van der Waals surface area (Å²) in [4.78, 5) is 38.1. The van der Waals surface area contributed by atoms with E-state index in [-0.39, 0.29) is 30.2 Å². The van der Waals surface area contributed by atoms with Gasteiger partial charge in [0.2, 0.25) is 5.91 Å². The number of nitrogens with two attached hydrogens (primary N) is 1. The molecule has 0 saturated carbocycles. The number of likely N-dealkylation sites (tertiary alicyclic amines) is 1. The van der Waals surface area contributed by atoms with Crippen LogP contribution in [0.15, 0.2) is 24.3 Å². The molecule has 1 aromatic rings. The van der Waals surface area contributed by atoms with Crippen LogP contribution in [0.2, 0.25) is 0 Å². The molecule has 0 spiro atoms. The van der Waals surface area contributed by atoms with Crippen molar-refractivity contribution in [2.24, 2.45) is 5.73 Å². The Labute approximate surface area is 159 Å². The Bertz CT molecular complexity index is 639. The second-order valence-electron chi connectivity index (χ2n) is 6.05. The fourth-order valence-electron chi connectivity index (χ4n) is 2.94. The van der Waals surface area contributed by atoms with Crippen molar-refractivity contribution in [1.29, 1.82) is 0 Å². The van der Waals surface area contributed by atoms with Crippen molar-refractivity contribution in [3.05, 3.63) is 29.8 Å². The van der Waals surface area contributed by atoms with Crippen LogP contribution < -0.4 is 11.1 Å². The van der Waals surface area contributed by atoms with Crippen molar-refractivity contribution in [1.82, 2.24) is 4.90 Å². The highest BCUT2D eigenvalue weighted by Crippen LogP contribution is 2.22. The molecular weight excluding hydrogens is 358 g/mol. The number of amides is 2. The van der Waals surface area contributed by atoms with Gasteiger partial charge >= 0.3 is 5.97 Å². The highest BCUT2D eigenvalue weighted by molar-refractivity contribution is 5.99. The first kappa shape index (κ1) is 21.9. The fourth-order valence-corrected chi connectivity index (χ4v) is 2.94. The summed E-state index contributed by atoms with van der Waals surface area (Å²) in [5.41, 5.74) is 6.39. The molecular formula is C18H26ClN3O4. The van der Waals surface area contributed by atoms with E-state index in [2.05, 4.69) is 5.32 Å². The number of ether oxygens (including phenoxy) is 1. The molecule has 1 unspecified atom stereocenters. The molecule has 8 heteroatoms. The van der Waals surface area contributed by atoms with Gasteiger partial charge in [0.15, 0.2) is 0 Å². The van der Waals surface area contributed by atoms with Crippen molar-refractivity contribution in [2.45, 2.75) is 38.1 Å². The summed E-state index contributed by atoms with van der Waals surface area (Å²) in [7, 11) is 1.33. The lowest BCUT2D eigenvalue weighted by molar-refractivity contribution is -0.147. The number of carbonyl (C=O) groups is 3. The number of hydrogen-bond acceptors (Lipinski definition) is 5. The van der Waals surface area contributed by atoms with Crippen molar-refractivity contribution < 1.29 is 19.1 Å². The monoisotopic (exact) mass is 383 g/mol. The number of benzene rings is 1. The molecule has 1 aromatic carbocycles. The van der Waals surface area contributed by atoms with Crippen LogP contribution in [-0.4, -0.2) is 48.9 Å². The number of piperidine rings is 1. The van der Waals surface area contributed by atoms with Gasteiger partial charge in [-0.15, -0.1) is 12.4 Å². The molecule has 1 fully saturated rings. The van der Waals surface area contributed by atoms with E-state index in [1.165, 1.54) is 7.11 Å². The van der Waals surface area contributed by atoms with Crippen molar-refractivity contribution in [3.63, 3.8) is 0 Å². The number of halogens is 1. The maximum absolute atomic E-state index is 12.8. The topological polar surface area (TPSA) is 102 Å². The van der Waals surface area contributed by atoms with Crippen molar-refractivity contribution in [3.8, 4) is 0 Å². The van der Waals surface area contributed by atoms with Crippen LogP contribution in [-0.2, 0) is 14.3 Å². The highest BCUT2D eigenvalue weighted by atomic mass is 35.5. The maximum atomic E-state index is 12.8. The molecule has 0 aromatic heterocycles. The van der Waals surface area contributed by atoms with Gasteiger partial charge in [0, 0.05) is 24.2 Å². The Balaban J connectivity index is 0.00000338. The summed E-state index contributed by atoms with van der Waals surface area (Å²) >= 11 is 0. The Morgan fingerprint density at radius 2 is 2.08 bits per heavy atom. The van der Waals surface area contributed by atoms with Gasteiger partial charge in [0.25, 0.3) is 5.91 Å². The zero-order valence-corrected chi connectivity index (χ0v) is 15.7. The van der Waals surface area contributed by atoms with Crippen LogP contribution in [0.1, 0.15) is 42.5 Å². The molecule has 2 rings (SSSR count). The largest absolute Gasteiger partial charge is 0.467 e. The smallest absolute Gasteiger partial charge is 0.328 e. The Morgan fingerprint density at radius 3 is 2.77 bits per heavy atom. The first-order valence-electron chi connectivity index (χ1n) is 8.55. The number of carbonyl (C=O) groups excluding carboxylic acids is 3. The molecule has 0 aliphatic carbocycles. The number of nitrogens with zero attached hydrogens (tertiary/aromatic N) is 1. The lowest BCUT2D eigenvalue weighted by Gasteiger charge is -2.33. The van der Waals surface area contributed by atoms with Gasteiger partial charge in [0.1, 0.15) is 6.04 Å². The first-order chi connectivity index (χ1) is 12.1. The van der Waals surface area contributed by atoms with Crippen LogP contribution in [0.25, 0.3) is 0 Å². The summed E-state index contributed by atoms with van der Waals surface area (Å²) in [5, 5.41) is 2.76. The maximum Gasteiger partial charge on any atom is 0.328 e. The van der Waals surface area contributed by atoms with E-state index >= 15 is 0 Å². The Hall–Kier alpha value is -2.12. The number of nitrogens with one attached hydrogen (secondary N) is 1. The van der Waals surface area contributed by atoms with Crippen LogP contribution in [0.5, 0.6) is 0 Å². The van der Waals surface area contributed by atoms with E-state index in [0.29, 0.717) is 43.6 Å². The molecule has 0 radical (unpaired) electrons. The van der Waals surface area contributed by atoms with Gasteiger partial charge in [-0.2, -0.15) is 0 Å². The zero-order chi connectivity index (χ0) is 18.2. The van der Waals surface area contributed by atoms with Gasteiger partial charge in [-0.25, -0.2) is 4.79 Å². The lowest BCUT2D eigenvalue weighted by Crippen LogP contribution is -2.48. The highest BCUT2D eigenvalue weighted by Gasteiger charge is 2.33. The van der Waals surface area contributed by atoms with Gasteiger partial charge < -0.3 is 20.7 Å². The predicted octanol–water partition coefficient (Wildman–Crippen LogP) is 1.95.